The van der Waals surface area contributed by atoms with Crippen molar-refractivity contribution in [2.75, 3.05) is 13.7 Å². The Labute approximate surface area is 99.1 Å². The summed E-state index contributed by atoms with van der Waals surface area (Å²) in [6.45, 7) is 4.04. The summed E-state index contributed by atoms with van der Waals surface area (Å²) in [6.07, 6.45) is 1.64. The zero-order chi connectivity index (χ0) is 12.4. The molecule has 2 rings (SSSR count). The number of aryl methyl sites for hydroxylation is 1. The number of carbonyl (C=O) groups is 1. The van der Waals surface area contributed by atoms with Gasteiger partial charge in [-0.25, -0.2) is 4.79 Å². The molecule has 0 spiro atoms. The van der Waals surface area contributed by atoms with Crippen LogP contribution in [0.4, 0.5) is 0 Å². The third-order valence-electron chi connectivity index (χ3n) is 2.56. The summed E-state index contributed by atoms with van der Waals surface area (Å²) in [5.41, 5.74) is 2.09. The molecule has 0 unspecified atom stereocenters. The van der Waals surface area contributed by atoms with Gasteiger partial charge in [-0.3, -0.25) is 0 Å². The second-order valence-electron chi connectivity index (χ2n) is 3.69. The molecular formula is C13H14O4. The SMILES string of the molecule is CCOC(=O)c1cc(OC)c2occ(C)c2c1. The molecule has 0 atom stereocenters. The average Bonchev–Trinajstić information content (AvgIpc) is 2.70. The fourth-order valence-electron chi connectivity index (χ4n) is 1.71. The van der Waals surface area contributed by atoms with Gasteiger partial charge in [-0.2, -0.15) is 0 Å². The second-order valence-corrected chi connectivity index (χ2v) is 3.69. The summed E-state index contributed by atoms with van der Waals surface area (Å²) >= 11 is 0. The van der Waals surface area contributed by atoms with E-state index >= 15 is 0 Å². The summed E-state index contributed by atoms with van der Waals surface area (Å²) < 4.78 is 15.6. The van der Waals surface area contributed by atoms with Gasteiger partial charge in [0.05, 0.1) is 25.5 Å². The van der Waals surface area contributed by atoms with Crippen LogP contribution < -0.4 is 4.74 Å². The molecule has 4 nitrogen and oxygen atoms in total. The monoisotopic (exact) mass is 234 g/mol. The Bertz CT molecular complexity index is 554. The molecule has 1 aromatic carbocycles. The molecule has 0 saturated heterocycles. The number of rotatable bonds is 3. The van der Waals surface area contributed by atoms with Gasteiger partial charge in [-0.15, -0.1) is 0 Å². The quantitative estimate of drug-likeness (QED) is 0.766. The standard InChI is InChI=1S/C13H14O4/c1-4-16-13(14)9-5-10-8(2)7-17-12(10)11(6-9)15-3/h5-7H,4H2,1-3H3. The normalized spacial score (nSPS) is 10.5. The fourth-order valence-corrected chi connectivity index (χ4v) is 1.71. The van der Waals surface area contributed by atoms with Gasteiger partial charge in [0.2, 0.25) is 0 Å². The Morgan fingerprint density at radius 3 is 2.82 bits per heavy atom. The molecule has 0 bridgehead atoms. The zero-order valence-corrected chi connectivity index (χ0v) is 10.1. The van der Waals surface area contributed by atoms with Crippen molar-refractivity contribution in [3.8, 4) is 5.75 Å². The number of benzene rings is 1. The van der Waals surface area contributed by atoms with Gasteiger partial charge < -0.3 is 13.9 Å². The average molecular weight is 234 g/mol. The number of carbonyl (C=O) groups excluding carboxylic acids is 1. The van der Waals surface area contributed by atoms with Crippen molar-refractivity contribution in [3.63, 3.8) is 0 Å². The Kier molecular flexibility index (Phi) is 3.04. The van der Waals surface area contributed by atoms with Crippen molar-refractivity contribution in [2.45, 2.75) is 13.8 Å². The van der Waals surface area contributed by atoms with Crippen molar-refractivity contribution < 1.29 is 18.7 Å². The Hall–Kier alpha value is -1.97. The summed E-state index contributed by atoms with van der Waals surface area (Å²) in [6, 6.07) is 3.39. The van der Waals surface area contributed by atoms with Gasteiger partial charge in [0, 0.05) is 5.39 Å². The minimum atomic E-state index is -0.353. The Morgan fingerprint density at radius 1 is 1.41 bits per heavy atom. The molecule has 0 aliphatic rings. The summed E-state index contributed by atoms with van der Waals surface area (Å²) in [5.74, 6) is 0.187. The first-order valence-electron chi connectivity index (χ1n) is 5.40. The highest BCUT2D eigenvalue weighted by atomic mass is 16.5. The largest absolute Gasteiger partial charge is 0.493 e. The van der Waals surface area contributed by atoms with E-state index in [0.29, 0.717) is 23.5 Å². The highest BCUT2D eigenvalue weighted by molar-refractivity contribution is 5.97. The molecule has 0 amide bonds. The van der Waals surface area contributed by atoms with E-state index in [2.05, 4.69) is 0 Å². The van der Waals surface area contributed by atoms with E-state index in [9.17, 15) is 4.79 Å². The van der Waals surface area contributed by atoms with Gasteiger partial charge in [-0.1, -0.05) is 0 Å². The van der Waals surface area contributed by atoms with Crippen LogP contribution in [-0.2, 0) is 4.74 Å². The van der Waals surface area contributed by atoms with Crippen LogP contribution >= 0.6 is 0 Å². The maximum Gasteiger partial charge on any atom is 0.338 e. The Morgan fingerprint density at radius 2 is 2.18 bits per heavy atom. The molecule has 0 aliphatic carbocycles. The maximum atomic E-state index is 11.7. The van der Waals surface area contributed by atoms with Crippen molar-refractivity contribution in [2.24, 2.45) is 0 Å². The lowest BCUT2D eigenvalue weighted by Crippen LogP contribution is -2.04. The molecular weight excluding hydrogens is 220 g/mol. The first-order chi connectivity index (χ1) is 8.17. The van der Waals surface area contributed by atoms with Crippen LogP contribution in [-0.4, -0.2) is 19.7 Å². The van der Waals surface area contributed by atoms with Crippen molar-refractivity contribution in [3.05, 3.63) is 29.5 Å². The fraction of sp³-hybridized carbons (Fsp3) is 0.308. The van der Waals surface area contributed by atoms with Crippen LogP contribution in [0.2, 0.25) is 0 Å². The van der Waals surface area contributed by atoms with Gasteiger partial charge >= 0.3 is 5.97 Å². The summed E-state index contributed by atoms with van der Waals surface area (Å²) in [4.78, 5) is 11.7. The predicted molar refractivity (Wildman–Crippen MR) is 63.5 cm³/mol. The number of hydrogen-bond donors (Lipinski definition) is 0. The van der Waals surface area contributed by atoms with Crippen LogP contribution in [0.3, 0.4) is 0 Å². The van der Waals surface area contributed by atoms with E-state index in [1.807, 2.05) is 6.92 Å². The lowest BCUT2D eigenvalue weighted by molar-refractivity contribution is 0.0526. The van der Waals surface area contributed by atoms with Gasteiger partial charge in [0.25, 0.3) is 0 Å². The van der Waals surface area contributed by atoms with Crippen LogP contribution in [0.1, 0.15) is 22.8 Å². The first-order valence-corrected chi connectivity index (χ1v) is 5.40. The number of esters is 1. The van der Waals surface area contributed by atoms with Gasteiger partial charge in [0.15, 0.2) is 11.3 Å². The minimum Gasteiger partial charge on any atom is -0.493 e. The number of methoxy groups -OCH3 is 1. The van der Waals surface area contributed by atoms with E-state index in [-0.39, 0.29) is 5.97 Å². The highest BCUT2D eigenvalue weighted by Gasteiger charge is 2.15. The number of hydrogen-bond acceptors (Lipinski definition) is 4. The molecule has 0 N–H and O–H groups in total. The lowest BCUT2D eigenvalue weighted by Gasteiger charge is -2.05. The Balaban J connectivity index is 2.58. The van der Waals surface area contributed by atoms with Crippen molar-refractivity contribution in [1.82, 2.24) is 0 Å². The van der Waals surface area contributed by atoms with E-state index in [1.165, 1.54) is 0 Å². The number of furan rings is 1. The molecule has 1 heterocycles. The number of ether oxygens (including phenoxy) is 2. The van der Waals surface area contributed by atoms with E-state index in [0.717, 1.165) is 10.9 Å². The molecule has 4 heteroatoms. The van der Waals surface area contributed by atoms with Crippen LogP contribution in [0.5, 0.6) is 5.75 Å². The summed E-state index contributed by atoms with van der Waals surface area (Å²) in [5, 5.41) is 0.868. The molecule has 0 saturated carbocycles. The topological polar surface area (TPSA) is 48.7 Å². The zero-order valence-electron chi connectivity index (χ0n) is 10.1. The molecule has 90 valence electrons. The van der Waals surface area contributed by atoms with E-state index in [1.54, 1.807) is 32.4 Å². The third-order valence-corrected chi connectivity index (χ3v) is 2.56. The molecule has 0 radical (unpaired) electrons. The molecule has 2 aromatic rings. The minimum absolute atomic E-state index is 0.351. The molecule has 17 heavy (non-hydrogen) atoms. The first kappa shape index (κ1) is 11.5. The van der Waals surface area contributed by atoms with E-state index < -0.39 is 0 Å². The third kappa shape index (κ3) is 1.98. The molecule has 0 aliphatic heterocycles. The second kappa shape index (κ2) is 4.49. The van der Waals surface area contributed by atoms with E-state index in [4.69, 9.17) is 13.9 Å². The van der Waals surface area contributed by atoms with Gasteiger partial charge in [-0.05, 0) is 31.5 Å². The van der Waals surface area contributed by atoms with Crippen molar-refractivity contribution in [1.29, 1.82) is 0 Å². The smallest absolute Gasteiger partial charge is 0.338 e. The lowest BCUT2D eigenvalue weighted by atomic mass is 10.1. The summed E-state index contributed by atoms with van der Waals surface area (Å²) in [7, 11) is 1.54. The number of fused-ring (bicyclic) bond motifs is 1. The van der Waals surface area contributed by atoms with Crippen LogP contribution in [0.15, 0.2) is 22.8 Å². The molecule has 1 aromatic heterocycles. The van der Waals surface area contributed by atoms with Crippen LogP contribution in [0, 0.1) is 6.92 Å². The predicted octanol–water partition coefficient (Wildman–Crippen LogP) is 2.93. The van der Waals surface area contributed by atoms with Crippen molar-refractivity contribution >= 4 is 16.9 Å². The molecule has 0 fully saturated rings. The maximum absolute atomic E-state index is 11.7. The van der Waals surface area contributed by atoms with Crippen LogP contribution in [0.25, 0.3) is 11.0 Å². The highest BCUT2D eigenvalue weighted by Crippen LogP contribution is 2.31. The van der Waals surface area contributed by atoms with Gasteiger partial charge in [0.1, 0.15) is 0 Å².